The first kappa shape index (κ1) is 24.0. The van der Waals surface area contributed by atoms with Gasteiger partial charge >= 0.3 is 7.82 Å². The predicted molar refractivity (Wildman–Crippen MR) is 95.8 cm³/mol. The molecule has 0 aliphatic rings. The maximum Gasteiger partial charge on any atom is 0.470 e. The molecule has 0 aromatic carbocycles. The van der Waals surface area contributed by atoms with Crippen molar-refractivity contribution in [2.24, 2.45) is 5.41 Å². The molecule has 0 atom stereocenters. The summed E-state index contributed by atoms with van der Waals surface area (Å²) >= 11 is 0. The maximum absolute atomic E-state index is 10.8. The average Bonchev–Trinajstić information content (AvgIpc) is 2.40. The molecule has 0 spiro atoms. The van der Waals surface area contributed by atoms with Crippen molar-refractivity contribution >= 4 is 7.82 Å². The number of aliphatic hydroxyl groups excluding tert-OH is 1. The Balaban J connectivity index is 3.56. The van der Waals surface area contributed by atoms with Crippen LogP contribution in [0.4, 0.5) is 0 Å². The predicted octanol–water partition coefficient (Wildman–Crippen LogP) is 4.03. The molecule has 146 valence electrons. The summed E-state index contributed by atoms with van der Waals surface area (Å²) in [5, 5.41) is 8.88. The van der Waals surface area contributed by atoms with Gasteiger partial charge in [0.15, 0.2) is 0 Å². The highest BCUT2D eigenvalue weighted by Gasteiger charge is 2.28. The lowest BCUT2D eigenvalue weighted by Crippen LogP contribution is -2.22. The smallest absolute Gasteiger partial charge is 0.396 e. The monoisotopic (exact) mass is 368 g/mol. The summed E-state index contributed by atoms with van der Waals surface area (Å²) in [6, 6.07) is 0. The van der Waals surface area contributed by atoms with E-state index < -0.39 is 13.4 Å². The highest BCUT2D eigenvalue weighted by molar-refractivity contribution is 7.46. The lowest BCUT2D eigenvalue weighted by molar-refractivity contribution is 0.0522. The van der Waals surface area contributed by atoms with Crippen LogP contribution in [0.15, 0.2) is 0 Å². The van der Waals surface area contributed by atoms with E-state index in [0.29, 0.717) is 13.0 Å². The molecule has 0 aliphatic carbocycles. The third-order valence-electron chi connectivity index (χ3n) is 4.09. The molecule has 7 heteroatoms. The highest BCUT2D eigenvalue weighted by atomic mass is 31.2. The first-order valence-electron chi connectivity index (χ1n) is 8.92. The van der Waals surface area contributed by atoms with Gasteiger partial charge < -0.3 is 19.6 Å². The van der Waals surface area contributed by atoms with Crippen LogP contribution < -0.4 is 0 Å². The minimum absolute atomic E-state index is 0.266. The number of phosphoric acid groups is 1. The van der Waals surface area contributed by atoms with Crippen molar-refractivity contribution in [1.82, 2.24) is 0 Å². The van der Waals surface area contributed by atoms with Crippen LogP contribution in [0.5, 0.6) is 0 Å². The molecule has 0 heterocycles. The van der Waals surface area contributed by atoms with Crippen LogP contribution in [-0.4, -0.2) is 40.3 Å². The van der Waals surface area contributed by atoms with Gasteiger partial charge in [-0.2, -0.15) is 0 Å². The van der Waals surface area contributed by atoms with E-state index in [1.54, 1.807) is 13.8 Å². The lowest BCUT2D eigenvalue weighted by atomic mass is 9.83. The minimum atomic E-state index is -4.43. The topological polar surface area (TPSA) is 96.2 Å². The van der Waals surface area contributed by atoms with Gasteiger partial charge in [0.25, 0.3) is 0 Å². The van der Waals surface area contributed by atoms with E-state index in [4.69, 9.17) is 24.2 Å². The summed E-state index contributed by atoms with van der Waals surface area (Å²) in [5.74, 6) is 0. The maximum atomic E-state index is 10.8. The summed E-state index contributed by atoms with van der Waals surface area (Å²) in [5.41, 5.74) is -0.535. The fourth-order valence-corrected chi connectivity index (χ4v) is 3.45. The van der Waals surface area contributed by atoms with E-state index in [9.17, 15) is 4.57 Å². The Morgan fingerprint density at radius 1 is 0.833 bits per heavy atom. The van der Waals surface area contributed by atoms with Gasteiger partial charge in [0.2, 0.25) is 0 Å². The Hall–Kier alpha value is 0.0300. The van der Waals surface area contributed by atoms with Crippen LogP contribution in [0.2, 0.25) is 0 Å². The molecular formula is C17H37O6P. The van der Waals surface area contributed by atoms with Gasteiger partial charge in [-0.15, -0.1) is 0 Å². The molecule has 0 rings (SSSR count). The van der Waals surface area contributed by atoms with Crippen molar-refractivity contribution in [3.05, 3.63) is 0 Å². The summed E-state index contributed by atoms with van der Waals surface area (Å²) < 4.78 is 21.2. The van der Waals surface area contributed by atoms with Crippen LogP contribution in [-0.2, 0) is 13.8 Å². The van der Waals surface area contributed by atoms with Crippen molar-refractivity contribution in [1.29, 1.82) is 0 Å². The summed E-state index contributed by atoms with van der Waals surface area (Å²) in [4.78, 5) is 17.7. The van der Waals surface area contributed by atoms with Crippen molar-refractivity contribution in [2.45, 2.75) is 84.7 Å². The second-order valence-corrected chi connectivity index (χ2v) is 9.02. The number of ether oxygens (including phenoxy) is 1. The summed E-state index contributed by atoms with van der Waals surface area (Å²) in [7, 11) is -4.43. The van der Waals surface area contributed by atoms with Crippen LogP contribution in [0.1, 0.15) is 79.1 Å². The molecule has 0 radical (unpaired) electrons. The second-order valence-electron chi connectivity index (χ2n) is 7.86. The molecule has 3 N–H and O–H groups in total. The Kier molecular flexibility index (Phi) is 11.6. The SMILES string of the molecule is CC(C)(CCCO)CCCCOCCCCC(C)(C)OP(=O)(O)O. The number of phosphoric ester groups is 1. The van der Waals surface area contributed by atoms with E-state index in [0.717, 1.165) is 51.6 Å². The zero-order valence-electron chi connectivity index (χ0n) is 15.8. The fraction of sp³-hybridized carbons (Fsp3) is 1.00. The standard InChI is InChI=1S/C17H37O6P/c1-16(2,11-9-13-18)10-5-7-14-22-15-8-6-12-17(3,4)23-24(19,20)21/h18H,5-15H2,1-4H3,(H2,19,20,21). The normalized spacial score (nSPS) is 13.5. The molecule has 0 aromatic heterocycles. The fourth-order valence-electron chi connectivity index (χ4n) is 2.71. The molecule has 0 aliphatic heterocycles. The molecule has 6 nitrogen and oxygen atoms in total. The van der Waals surface area contributed by atoms with Crippen LogP contribution >= 0.6 is 7.82 Å². The number of unbranched alkanes of at least 4 members (excludes halogenated alkanes) is 2. The van der Waals surface area contributed by atoms with Crippen molar-refractivity contribution in [3.8, 4) is 0 Å². The first-order chi connectivity index (χ1) is 11.0. The van der Waals surface area contributed by atoms with Crippen molar-refractivity contribution < 1.29 is 28.7 Å². The molecule has 0 unspecified atom stereocenters. The number of aliphatic hydroxyl groups is 1. The molecule has 0 aromatic rings. The van der Waals surface area contributed by atoms with Crippen molar-refractivity contribution in [2.75, 3.05) is 19.8 Å². The van der Waals surface area contributed by atoms with Gasteiger partial charge in [-0.1, -0.05) is 20.3 Å². The third-order valence-corrected chi connectivity index (χ3v) is 4.82. The molecular weight excluding hydrogens is 331 g/mol. The minimum Gasteiger partial charge on any atom is -0.396 e. The van der Waals surface area contributed by atoms with Gasteiger partial charge in [0.05, 0.1) is 5.60 Å². The molecule has 0 bridgehead atoms. The average molecular weight is 368 g/mol. The Morgan fingerprint density at radius 3 is 1.83 bits per heavy atom. The summed E-state index contributed by atoms with van der Waals surface area (Å²) in [6.07, 6.45) is 7.47. The zero-order chi connectivity index (χ0) is 18.7. The quantitative estimate of drug-likeness (QED) is 0.298. The molecule has 24 heavy (non-hydrogen) atoms. The molecule has 0 saturated carbocycles. The van der Waals surface area contributed by atoms with E-state index in [1.165, 1.54) is 0 Å². The largest absolute Gasteiger partial charge is 0.470 e. The van der Waals surface area contributed by atoms with Gasteiger partial charge in [-0.25, -0.2) is 4.57 Å². The van der Waals surface area contributed by atoms with Crippen LogP contribution in [0, 0.1) is 5.41 Å². The Bertz CT molecular complexity index is 364. The summed E-state index contributed by atoms with van der Waals surface area (Å²) in [6.45, 7) is 9.54. The Labute approximate surface area is 147 Å². The number of hydrogen-bond donors (Lipinski definition) is 3. The van der Waals surface area contributed by atoms with E-state index in [-0.39, 0.29) is 12.0 Å². The van der Waals surface area contributed by atoms with Gasteiger partial charge in [-0.3, -0.25) is 4.52 Å². The lowest BCUT2D eigenvalue weighted by Gasteiger charge is -2.25. The van der Waals surface area contributed by atoms with Gasteiger partial charge in [0.1, 0.15) is 0 Å². The molecule has 0 saturated heterocycles. The van der Waals surface area contributed by atoms with E-state index in [1.807, 2.05) is 0 Å². The number of hydrogen-bond acceptors (Lipinski definition) is 4. The Morgan fingerprint density at radius 2 is 1.33 bits per heavy atom. The van der Waals surface area contributed by atoms with Gasteiger partial charge in [-0.05, 0) is 64.2 Å². The first-order valence-corrected chi connectivity index (χ1v) is 10.5. The van der Waals surface area contributed by atoms with Gasteiger partial charge in [0, 0.05) is 19.8 Å². The third kappa shape index (κ3) is 15.6. The molecule has 0 fully saturated rings. The van der Waals surface area contributed by atoms with Crippen molar-refractivity contribution in [3.63, 3.8) is 0 Å². The molecule has 0 amide bonds. The van der Waals surface area contributed by atoms with E-state index in [2.05, 4.69) is 13.8 Å². The second kappa shape index (κ2) is 11.6. The zero-order valence-corrected chi connectivity index (χ0v) is 16.7. The van der Waals surface area contributed by atoms with Crippen LogP contribution in [0.25, 0.3) is 0 Å². The highest BCUT2D eigenvalue weighted by Crippen LogP contribution is 2.42. The number of rotatable bonds is 15. The van der Waals surface area contributed by atoms with Crippen LogP contribution in [0.3, 0.4) is 0 Å². The van der Waals surface area contributed by atoms with E-state index >= 15 is 0 Å².